The molecule has 15 heavy (non-hydrogen) atoms. The number of hydrogen-bond donors (Lipinski definition) is 0. The van der Waals surface area contributed by atoms with E-state index in [1.54, 1.807) is 6.08 Å². The normalized spacial score (nSPS) is 31.1. The molecule has 0 fully saturated rings. The molecule has 0 bridgehead atoms. The third-order valence-corrected chi connectivity index (χ3v) is 3.37. The van der Waals surface area contributed by atoms with Gasteiger partial charge in [-0.1, -0.05) is 28.1 Å². The van der Waals surface area contributed by atoms with Crippen molar-refractivity contribution in [1.29, 1.82) is 0 Å². The fourth-order valence-electron chi connectivity index (χ4n) is 2.03. The molecule has 0 saturated heterocycles. The molecule has 0 amide bonds. The number of Topliss-reactive ketones (excluding diaryl/α,β-unsaturated/α-hetero) is 1. The predicted molar refractivity (Wildman–Crippen MR) is 52.7 cm³/mol. The second-order valence-electron chi connectivity index (χ2n) is 3.74. The maximum absolute atomic E-state index is 12.6. The molecule has 0 radical (unpaired) electrons. The number of halogens is 4. The van der Waals surface area contributed by atoms with Crippen LogP contribution >= 0.6 is 15.9 Å². The molecule has 82 valence electrons. The first kappa shape index (κ1) is 10.9. The highest BCUT2D eigenvalue weighted by atomic mass is 79.9. The first-order valence-corrected chi connectivity index (χ1v) is 5.46. The topological polar surface area (TPSA) is 17.1 Å². The minimum absolute atomic E-state index is 0.0907. The highest BCUT2D eigenvalue weighted by Gasteiger charge is 2.48. The Morgan fingerprint density at radius 1 is 1.33 bits per heavy atom. The van der Waals surface area contributed by atoms with Crippen LogP contribution in [0.25, 0.3) is 0 Å². The second-order valence-corrected chi connectivity index (χ2v) is 4.92. The van der Waals surface area contributed by atoms with Gasteiger partial charge in [0.2, 0.25) is 0 Å². The van der Waals surface area contributed by atoms with Crippen LogP contribution in [0.3, 0.4) is 0 Å². The predicted octanol–water partition coefficient (Wildman–Crippen LogP) is 3.16. The van der Waals surface area contributed by atoms with E-state index in [2.05, 4.69) is 15.9 Å². The van der Waals surface area contributed by atoms with Crippen LogP contribution in [0.2, 0.25) is 0 Å². The Kier molecular flexibility index (Phi) is 2.53. The Bertz CT molecular complexity index is 367. The summed E-state index contributed by atoms with van der Waals surface area (Å²) in [5.41, 5.74) is 0.518. The van der Waals surface area contributed by atoms with Gasteiger partial charge >= 0.3 is 6.18 Å². The molecule has 0 spiro atoms. The van der Waals surface area contributed by atoms with Crippen molar-refractivity contribution in [3.8, 4) is 0 Å². The third-order valence-electron chi connectivity index (χ3n) is 2.74. The lowest BCUT2D eigenvalue weighted by molar-refractivity contribution is -0.165. The summed E-state index contributed by atoms with van der Waals surface area (Å²) < 4.78 is 37.8. The fraction of sp³-hybridized carbons (Fsp3) is 0.500. The summed E-state index contributed by atoms with van der Waals surface area (Å²) in [7, 11) is 0. The van der Waals surface area contributed by atoms with E-state index < -0.39 is 18.5 Å². The van der Waals surface area contributed by atoms with E-state index in [0.29, 0.717) is 0 Å². The zero-order chi connectivity index (χ0) is 11.2. The summed E-state index contributed by atoms with van der Waals surface area (Å²) in [6, 6.07) is 0. The number of ketones is 1. The molecular formula is C10H8BrF3O. The number of allylic oxidation sites excluding steroid dienone is 4. The van der Waals surface area contributed by atoms with Gasteiger partial charge in [0, 0.05) is 16.8 Å². The maximum Gasteiger partial charge on any atom is 0.395 e. The highest BCUT2D eigenvalue weighted by Crippen LogP contribution is 2.45. The molecule has 0 aromatic rings. The van der Waals surface area contributed by atoms with Crippen molar-refractivity contribution < 1.29 is 18.0 Å². The van der Waals surface area contributed by atoms with Crippen LogP contribution < -0.4 is 0 Å². The largest absolute Gasteiger partial charge is 0.395 e. The standard InChI is InChI=1S/C10H8BrF3O/c11-5-1-2-6-7(3-5)8(4-9(6)15)10(12,13)14/h1-2,5,8H,3-4H2. The van der Waals surface area contributed by atoms with Gasteiger partial charge in [-0.25, -0.2) is 0 Å². The monoisotopic (exact) mass is 280 g/mol. The molecule has 2 aliphatic carbocycles. The minimum atomic E-state index is -4.30. The van der Waals surface area contributed by atoms with Crippen LogP contribution in [0.5, 0.6) is 0 Å². The molecule has 2 unspecified atom stereocenters. The van der Waals surface area contributed by atoms with Crippen molar-refractivity contribution in [1.82, 2.24) is 0 Å². The van der Waals surface area contributed by atoms with E-state index in [9.17, 15) is 18.0 Å². The van der Waals surface area contributed by atoms with Gasteiger partial charge in [0.25, 0.3) is 0 Å². The first-order chi connectivity index (χ1) is 6.89. The van der Waals surface area contributed by atoms with Gasteiger partial charge in [-0.05, 0) is 12.0 Å². The summed E-state index contributed by atoms with van der Waals surface area (Å²) in [5.74, 6) is -1.95. The lowest BCUT2D eigenvalue weighted by Crippen LogP contribution is -2.24. The van der Waals surface area contributed by atoms with Crippen molar-refractivity contribution in [3.63, 3.8) is 0 Å². The molecule has 2 aliphatic rings. The van der Waals surface area contributed by atoms with Crippen LogP contribution in [0.1, 0.15) is 12.8 Å². The van der Waals surface area contributed by atoms with Crippen LogP contribution in [0.4, 0.5) is 13.2 Å². The van der Waals surface area contributed by atoms with E-state index in [0.717, 1.165) is 0 Å². The maximum atomic E-state index is 12.6. The van der Waals surface area contributed by atoms with Gasteiger partial charge in [0.15, 0.2) is 5.78 Å². The molecule has 2 atom stereocenters. The quantitative estimate of drug-likeness (QED) is 0.623. The lowest BCUT2D eigenvalue weighted by atomic mass is 9.93. The minimum Gasteiger partial charge on any atom is -0.294 e. The molecule has 2 rings (SSSR count). The molecule has 0 heterocycles. The van der Waals surface area contributed by atoms with E-state index in [-0.39, 0.29) is 28.2 Å². The van der Waals surface area contributed by atoms with Crippen LogP contribution in [-0.4, -0.2) is 16.8 Å². The third kappa shape index (κ3) is 1.89. The molecule has 5 heteroatoms. The van der Waals surface area contributed by atoms with E-state index in [1.165, 1.54) is 6.08 Å². The van der Waals surface area contributed by atoms with E-state index >= 15 is 0 Å². The molecule has 1 nitrogen and oxygen atoms in total. The average Bonchev–Trinajstić information content (AvgIpc) is 2.42. The van der Waals surface area contributed by atoms with Gasteiger partial charge in [-0.2, -0.15) is 13.2 Å². The van der Waals surface area contributed by atoms with Gasteiger partial charge < -0.3 is 0 Å². The molecular weight excluding hydrogens is 273 g/mol. The van der Waals surface area contributed by atoms with Gasteiger partial charge in [-0.15, -0.1) is 0 Å². The molecule has 0 aromatic carbocycles. The van der Waals surface area contributed by atoms with Crippen molar-refractivity contribution in [2.45, 2.75) is 23.8 Å². The lowest BCUT2D eigenvalue weighted by Gasteiger charge is -2.20. The van der Waals surface area contributed by atoms with Crippen LogP contribution in [-0.2, 0) is 4.79 Å². The molecule has 0 saturated carbocycles. The number of alkyl halides is 4. The van der Waals surface area contributed by atoms with Crippen molar-refractivity contribution in [2.75, 3.05) is 0 Å². The Morgan fingerprint density at radius 2 is 2.00 bits per heavy atom. The van der Waals surface area contributed by atoms with Crippen molar-refractivity contribution in [3.05, 3.63) is 23.3 Å². The Labute approximate surface area is 93.2 Å². The van der Waals surface area contributed by atoms with E-state index in [1.807, 2.05) is 0 Å². The number of hydrogen-bond acceptors (Lipinski definition) is 1. The second kappa shape index (κ2) is 3.47. The zero-order valence-corrected chi connectivity index (χ0v) is 9.23. The summed E-state index contributed by atoms with van der Waals surface area (Å²) >= 11 is 3.24. The molecule has 0 aliphatic heterocycles. The summed E-state index contributed by atoms with van der Waals surface area (Å²) in [5, 5.41) is 0. The fourth-order valence-corrected chi connectivity index (χ4v) is 2.53. The first-order valence-electron chi connectivity index (χ1n) is 4.55. The Morgan fingerprint density at radius 3 is 2.60 bits per heavy atom. The zero-order valence-electron chi connectivity index (χ0n) is 7.64. The number of carbonyl (C=O) groups excluding carboxylic acids is 1. The SMILES string of the molecule is O=C1CC(C(F)(F)F)C2=C1C=CC(Br)C2. The van der Waals surface area contributed by atoms with Crippen molar-refractivity contribution >= 4 is 21.7 Å². The van der Waals surface area contributed by atoms with Gasteiger partial charge in [0.05, 0.1) is 5.92 Å². The summed E-state index contributed by atoms with van der Waals surface area (Å²) in [6.07, 6.45) is -1.22. The molecule has 0 N–H and O–H groups in total. The summed E-state index contributed by atoms with van der Waals surface area (Å²) in [6.45, 7) is 0. The van der Waals surface area contributed by atoms with Crippen LogP contribution in [0.15, 0.2) is 23.3 Å². The van der Waals surface area contributed by atoms with Crippen molar-refractivity contribution in [2.24, 2.45) is 5.92 Å². The highest BCUT2D eigenvalue weighted by molar-refractivity contribution is 9.09. The molecule has 0 aromatic heterocycles. The average molecular weight is 281 g/mol. The summed E-state index contributed by atoms with van der Waals surface area (Å²) in [4.78, 5) is 11.3. The van der Waals surface area contributed by atoms with Crippen LogP contribution in [0, 0.1) is 5.92 Å². The Hall–Kier alpha value is -0.580. The number of carbonyl (C=O) groups is 1. The van der Waals surface area contributed by atoms with Gasteiger partial charge in [0.1, 0.15) is 0 Å². The smallest absolute Gasteiger partial charge is 0.294 e. The van der Waals surface area contributed by atoms with Gasteiger partial charge in [-0.3, -0.25) is 4.79 Å². The Balaban J connectivity index is 2.37. The number of rotatable bonds is 0. The van der Waals surface area contributed by atoms with E-state index in [4.69, 9.17) is 0 Å².